The molecule has 3 aromatic rings. The van der Waals surface area contributed by atoms with Crippen LogP contribution in [0.5, 0.6) is 5.75 Å². The first-order valence-electron chi connectivity index (χ1n) is 8.62. The molecule has 5 rings (SSSR count). The lowest BCUT2D eigenvalue weighted by molar-refractivity contribution is 0.286. The maximum Gasteiger partial charge on any atom is 0.339 e. The molecule has 0 atom stereocenters. The number of nitrogens with zero attached hydrogens (tertiary/aromatic N) is 2. The molecule has 2 aliphatic rings. The molecule has 5 heteroatoms. The van der Waals surface area contributed by atoms with Crippen LogP contribution in [0.25, 0.3) is 11.0 Å². The molecule has 0 amide bonds. The number of aryl methyl sites for hydroxylation is 2. The summed E-state index contributed by atoms with van der Waals surface area (Å²) in [6.45, 7) is 3.14. The van der Waals surface area contributed by atoms with Crippen molar-refractivity contribution >= 4 is 16.8 Å². The van der Waals surface area contributed by atoms with Crippen molar-refractivity contribution in [1.29, 1.82) is 0 Å². The Bertz CT molecular complexity index is 1040. The van der Waals surface area contributed by atoms with Crippen LogP contribution in [0, 0.1) is 6.92 Å². The van der Waals surface area contributed by atoms with Gasteiger partial charge in [-0.15, -0.1) is 0 Å². The van der Waals surface area contributed by atoms with Crippen molar-refractivity contribution in [2.75, 3.05) is 11.6 Å². The molecule has 0 saturated heterocycles. The van der Waals surface area contributed by atoms with Crippen molar-refractivity contribution in [2.24, 2.45) is 0 Å². The highest BCUT2D eigenvalue weighted by molar-refractivity contribution is 5.87. The first kappa shape index (κ1) is 14.5. The van der Waals surface area contributed by atoms with Crippen molar-refractivity contribution in [3.05, 3.63) is 63.1 Å². The normalized spacial score (nSPS) is 15.8. The van der Waals surface area contributed by atoms with E-state index in [0.717, 1.165) is 65.0 Å². The lowest BCUT2D eigenvalue weighted by Gasteiger charge is -2.31. The predicted octanol–water partition coefficient (Wildman–Crippen LogP) is 3.34. The minimum absolute atomic E-state index is 0.186. The van der Waals surface area contributed by atoms with E-state index in [-0.39, 0.29) is 5.63 Å². The minimum atomic E-state index is -0.186. The van der Waals surface area contributed by atoms with Gasteiger partial charge in [0.1, 0.15) is 17.2 Å². The van der Waals surface area contributed by atoms with Gasteiger partial charge in [-0.2, -0.15) is 0 Å². The molecule has 2 aromatic heterocycles. The van der Waals surface area contributed by atoms with E-state index in [1.807, 2.05) is 25.1 Å². The smallest absolute Gasteiger partial charge is 0.339 e. The van der Waals surface area contributed by atoms with Crippen LogP contribution in [0.4, 0.5) is 5.82 Å². The highest BCUT2D eigenvalue weighted by Crippen LogP contribution is 2.38. The van der Waals surface area contributed by atoms with Crippen LogP contribution >= 0.6 is 0 Å². The van der Waals surface area contributed by atoms with Gasteiger partial charge >= 0.3 is 5.63 Å². The highest BCUT2D eigenvalue weighted by Gasteiger charge is 2.26. The molecule has 0 unspecified atom stereocenters. The fourth-order valence-electron chi connectivity index (χ4n) is 4.03. The largest absolute Gasteiger partial charge is 0.472 e. The van der Waals surface area contributed by atoms with Gasteiger partial charge in [0, 0.05) is 28.3 Å². The molecule has 0 spiro atoms. The van der Waals surface area contributed by atoms with Crippen LogP contribution in [-0.4, -0.2) is 11.7 Å². The number of rotatable bonds is 1. The molecule has 1 aromatic carbocycles. The maximum atomic E-state index is 12.3. The Labute approximate surface area is 144 Å². The van der Waals surface area contributed by atoms with Gasteiger partial charge < -0.3 is 14.1 Å². The van der Waals surface area contributed by atoms with Gasteiger partial charge in [-0.25, -0.2) is 9.78 Å². The van der Waals surface area contributed by atoms with Crippen LogP contribution < -0.4 is 15.3 Å². The molecule has 0 bridgehead atoms. The summed E-state index contributed by atoms with van der Waals surface area (Å²) < 4.78 is 11.7. The van der Waals surface area contributed by atoms with Crippen molar-refractivity contribution in [1.82, 2.24) is 4.98 Å². The Hall–Kier alpha value is -2.82. The number of benzene rings is 1. The van der Waals surface area contributed by atoms with E-state index >= 15 is 0 Å². The van der Waals surface area contributed by atoms with Gasteiger partial charge in [-0.3, -0.25) is 0 Å². The Morgan fingerprint density at radius 1 is 1.20 bits per heavy atom. The van der Waals surface area contributed by atoms with E-state index < -0.39 is 0 Å². The van der Waals surface area contributed by atoms with E-state index in [2.05, 4.69) is 16.0 Å². The van der Waals surface area contributed by atoms with Crippen LogP contribution in [-0.2, 0) is 19.4 Å². The second kappa shape index (κ2) is 5.34. The van der Waals surface area contributed by atoms with Crippen LogP contribution in [0.3, 0.4) is 0 Å². The van der Waals surface area contributed by atoms with E-state index in [9.17, 15) is 4.79 Å². The van der Waals surface area contributed by atoms with Gasteiger partial charge in [0.05, 0.1) is 6.54 Å². The second-order valence-corrected chi connectivity index (χ2v) is 6.73. The van der Waals surface area contributed by atoms with E-state index in [1.165, 1.54) is 0 Å². The Morgan fingerprint density at radius 2 is 2.08 bits per heavy atom. The van der Waals surface area contributed by atoms with Gasteiger partial charge in [-0.1, -0.05) is 6.07 Å². The fraction of sp³-hybridized carbons (Fsp3) is 0.300. The number of anilines is 1. The monoisotopic (exact) mass is 334 g/mol. The van der Waals surface area contributed by atoms with E-state index in [0.29, 0.717) is 12.3 Å². The van der Waals surface area contributed by atoms with Crippen LogP contribution in [0.2, 0.25) is 0 Å². The summed E-state index contributed by atoms with van der Waals surface area (Å²) >= 11 is 0. The SMILES string of the molecule is Cc1c2c(cc3c4c(c(=O)oc13)CCC4)CN(c1ccccn1)CO2. The summed E-state index contributed by atoms with van der Waals surface area (Å²) in [5, 5.41) is 1.06. The average molecular weight is 334 g/mol. The first-order valence-corrected chi connectivity index (χ1v) is 8.62. The number of hydrogen-bond donors (Lipinski definition) is 0. The lowest BCUT2D eigenvalue weighted by Crippen LogP contribution is -2.32. The fourth-order valence-corrected chi connectivity index (χ4v) is 4.03. The molecule has 5 nitrogen and oxygen atoms in total. The summed E-state index contributed by atoms with van der Waals surface area (Å²) in [4.78, 5) is 18.8. The Balaban J connectivity index is 1.68. The first-order chi connectivity index (χ1) is 12.2. The number of hydrogen-bond acceptors (Lipinski definition) is 5. The highest BCUT2D eigenvalue weighted by atomic mass is 16.5. The maximum absolute atomic E-state index is 12.3. The minimum Gasteiger partial charge on any atom is -0.472 e. The zero-order valence-electron chi connectivity index (χ0n) is 14.0. The number of pyridine rings is 1. The van der Waals surface area contributed by atoms with Crippen molar-refractivity contribution in [3.8, 4) is 5.75 Å². The Morgan fingerprint density at radius 3 is 2.92 bits per heavy atom. The summed E-state index contributed by atoms with van der Waals surface area (Å²) in [6, 6.07) is 8.01. The molecule has 1 aliphatic carbocycles. The summed E-state index contributed by atoms with van der Waals surface area (Å²) in [5.74, 6) is 1.73. The van der Waals surface area contributed by atoms with Gasteiger partial charge in [0.15, 0.2) is 6.73 Å². The Kier molecular flexibility index (Phi) is 3.10. The summed E-state index contributed by atoms with van der Waals surface area (Å²) in [6.07, 6.45) is 4.57. The molecule has 25 heavy (non-hydrogen) atoms. The van der Waals surface area contributed by atoms with Crippen molar-refractivity contribution in [2.45, 2.75) is 32.7 Å². The van der Waals surface area contributed by atoms with Crippen LogP contribution in [0.1, 0.15) is 28.7 Å². The third-order valence-corrected chi connectivity index (χ3v) is 5.22. The lowest BCUT2D eigenvalue weighted by atomic mass is 9.99. The molecule has 0 fully saturated rings. The predicted molar refractivity (Wildman–Crippen MR) is 95.2 cm³/mol. The number of ether oxygens (including phenoxy) is 1. The standard InChI is InChI=1S/C20H18N2O3/c1-12-18-13(10-22(11-24-18)17-7-2-3-8-21-17)9-16-14-5-4-6-15(14)20(23)25-19(12)16/h2-3,7-9H,4-6,10-11H2,1H3. The second-order valence-electron chi connectivity index (χ2n) is 6.73. The molecule has 3 heterocycles. The van der Waals surface area contributed by atoms with Gasteiger partial charge in [0.25, 0.3) is 0 Å². The molecule has 1 aliphatic heterocycles. The molecule has 0 N–H and O–H groups in total. The number of fused-ring (bicyclic) bond motifs is 4. The molecule has 126 valence electrons. The molecule has 0 saturated carbocycles. The van der Waals surface area contributed by atoms with Crippen molar-refractivity contribution in [3.63, 3.8) is 0 Å². The van der Waals surface area contributed by atoms with Gasteiger partial charge in [-0.05, 0) is 49.9 Å². The van der Waals surface area contributed by atoms with Gasteiger partial charge in [0.2, 0.25) is 0 Å². The van der Waals surface area contributed by atoms with E-state index in [4.69, 9.17) is 9.15 Å². The number of aromatic nitrogens is 1. The zero-order valence-corrected chi connectivity index (χ0v) is 14.0. The molecular weight excluding hydrogens is 316 g/mol. The van der Waals surface area contributed by atoms with Crippen molar-refractivity contribution < 1.29 is 9.15 Å². The summed E-state index contributed by atoms with van der Waals surface area (Å²) in [5.41, 5.74) is 4.53. The average Bonchev–Trinajstić information content (AvgIpc) is 3.14. The summed E-state index contributed by atoms with van der Waals surface area (Å²) in [7, 11) is 0. The molecular formula is C20H18N2O3. The topological polar surface area (TPSA) is 55.6 Å². The third kappa shape index (κ3) is 2.15. The third-order valence-electron chi connectivity index (χ3n) is 5.22. The van der Waals surface area contributed by atoms with Crippen LogP contribution in [0.15, 0.2) is 39.7 Å². The quantitative estimate of drug-likeness (QED) is 0.639. The zero-order chi connectivity index (χ0) is 17.0. The molecule has 0 radical (unpaired) electrons. The van der Waals surface area contributed by atoms with E-state index in [1.54, 1.807) is 6.20 Å².